The van der Waals surface area contributed by atoms with Crippen LogP contribution in [-0.4, -0.2) is 41.9 Å². The Bertz CT molecular complexity index is 359. The van der Waals surface area contributed by atoms with E-state index >= 15 is 0 Å². The number of carbonyl (C=O) groups is 2. The van der Waals surface area contributed by atoms with Gasteiger partial charge in [-0.15, -0.1) is 12.4 Å². The van der Waals surface area contributed by atoms with Crippen LogP contribution in [0.5, 0.6) is 0 Å². The predicted molar refractivity (Wildman–Crippen MR) is 92.0 cm³/mol. The summed E-state index contributed by atoms with van der Waals surface area (Å²) in [4.78, 5) is 26.1. The quantitative estimate of drug-likeness (QED) is 0.749. The normalized spacial score (nSPS) is 18.5. The zero-order valence-electron chi connectivity index (χ0n) is 14.2. The zero-order chi connectivity index (χ0) is 15.9. The third kappa shape index (κ3) is 6.13. The predicted octanol–water partition coefficient (Wildman–Crippen LogP) is 2.08. The van der Waals surface area contributed by atoms with E-state index in [-0.39, 0.29) is 35.7 Å². The molecule has 0 aliphatic carbocycles. The molecule has 22 heavy (non-hydrogen) atoms. The summed E-state index contributed by atoms with van der Waals surface area (Å²) in [5, 5.41) is 2.98. The summed E-state index contributed by atoms with van der Waals surface area (Å²) in [6.45, 7) is 7.94. The molecular formula is C16H32ClN3O2. The molecule has 3 N–H and O–H groups in total. The molecule has 2 amide bonds. The molecule has 0 radical (unpaired) electrons. The van der Waals surface area contributed by atoms with E-state index in [1.807, 2.05) is 25.7 Å². The van der Waals surface area contributed by atoms with Crippen LogP contribution >= 0.6 is 12.4 Å². The van der Waals surface area contributed by atoms with E-state index in [1.54, 1.807) is 0 Å². The van der Waals surface area contributed by atoms with E-state index in [0.717, 1.165) is 38.6 Å². The van der Waals surface area contributed by atoms with Crippen molar-refractivity contribution in [1.29, 1.82) is 0 Å². The topological polar surface area (TPSA) is 75.4 Å². The van der Waals surface area contributed by atoms with Gasteiger partial charge in [-0.3, -0.25) is 9.59 Å². The van der Waals surface area contributed by atoms with Gasteiger partial charge in [-0.2, -0.15) is 0 Å². The van der Waals surface area contributed by atoms with Crippen LogP contribution in [0.4, 0.5) is 0 Å². The van der Waals surface area contributed by atoms with E-state index in [9.17, 15) is 9.59 Å². The van der Waals surface area contributed by atoms with Crippen molar-refractivity contribution in [1.82, 2.24) is 10.2 Å². The molecule has 130 valence electrons. The van der Waals surface area contributed by atoms with Crippen molar-refractivity contribution >= 4 is 24.2 Å². The van der Waals surface area contributed by atoms with Crippen molar-refractivity contribution in [2.45, 2.75) is 64.8 Å². The summed E-state index contributed by atoms with van der Waals surface area (Å²) in [6.07, 6.45) is 4.88. The van der Waals surface area contributed by atoms with Crippen molar-refractivity contribution < 1.29 is 9.59 Å². The SMILES string of the molecule is CCCC(=O)N1CCCC(C(=O)NCC(N)(CC)CC)C1.Cl. The second-order valence-electron chi connectivity index (χ2n) is 6.22. The summed E-state index contributed by atoms with van der Waals surface area (Å²) in [5.74, 6) is 0.128. The molecule has 1 heterocycles. The summed E-state index contributed by atoms with van der Waals surface area (Å²) < 4.78 is 0. The van der Waals surface area contributed by atoms with Gasteiger partial charge >= 0.3 is 0 Å². The van der Waals surface area contributed by atoms with Crippen molar-refractivity contribution in [3.63, 3.8) is 0 Å². The molecule has 0 saturated carbocycles. The number of amides is 2. The third-order valence-electron chi connectivity index (χ3n) is 4.63. The van der Waals surface area contributed by atoms with E-state index in [0.29, 0.717) is 19.5 Å². The first kappa shape index (κ1) is 21.2. The molecule has 1 rings (SSSR count). The number of hydrogen-bond acceptors (Lipinski definition) is 3. The first-order valence-electron chi connectivity index (χ1n) is 8.30. The van der Waals surface area contributed by atoms with Crippen LogP contribution in [0.25, 0.3) is 0 Å². The lowest BCUT2D eigenvalue weighted by Gasteiger charge is -2.33. The fourth-order valence-corrected chi connectivity index (χ4v) is 2.70. The average molecular weight is 334 g/mol. The number of carbonyl (C=O) groups excluding carboxylic acids is 2. The highest BCUT2D eigenvalue weighted by Gasteiger charge is 2.29. The number of halogens is 1. The molecule has 1 aliphatic rings. The van der Waals surface area contributed by atoms with Gasteiger partial charge in [0.25, 0.3) is 0 Å². The molecule has 6 heteroatoms. The van der Waals surface area contributed by atoms with Crippen LogP contribution in [0, 0.1) is 5.92 Å². The Morgan fingerprint density at radius 3 is 2.45 bits per heavy atom. The van der Waals surface area contributed by atoms with Crippen LogP contribution in [-0.2, 0) is 9.59 Å². The third-order valence-corrected chi connectivity index (χ3v) is 4.63. The van der Waals surface area contributed by atoms with Crippen LogP contribution < -0.4 is 11.1 Å². The van der Waals surface area contributed by atoms with Crippen molar-refractivity contribution in [2.24, 2.45) is 11.7 Å². The monoisotopic (exact) mass is 333 g/mol. The minimum Gasteiger partial charge on any atom is -0.354 e. The Labute approximate surface area is 140 Å². The van der Waals surface area contributed by atoms with Gasteiger partial charge in [0.05, 0.1) is 5.92 Å². The van der Waals surface area contributed by atoms with Crippen molar-refractivity contribution in [3.8, 4) is 0 Å². The lowest BCUT2D eigenvalue weighted by molar-refractivity contribution is -0.135. The highest BCUT2D eigenvalue weighted by Crippen LogP contribution is 2.18. The highest BCUT2D eigenvalue weighted by atomic mass is 35.5. The highest BCUT2D eigenvalue weighted by molar-refractivity contribution is 5.85. The standard InChI is InChI=1S/C16H31N3O2.ClH/c1-4-8-14(20)19-10-7-9-13(11-19)15(21)18-12-16(17,5-2)6-3;/h13H,4-12,17H2,1-3H3,(H,18,21);1H. The molecule has 1 aliphatic heterocycles. The van der Waals surface area contributed by atoms with Crippen LogP contribution in [0.15, 0.2) is 0 Å². The van der Waals surface area contributed by atoms with Gasteiger partial charge in [0, 0.05) is 31.6 Å². The molecule has 1 unspecified atom stereocenters. The van der Waals surface area contributed by atoms with Gasteiger partial charge in [-0.1, -0.05) is 20.8 Å². The molecule has 1 atom stereocenters. The molecule has 0 spiro atoms. The van der Waals surface area contributed by atoms with Gasteiger partial charge in [0.2, 0.25) is 11.8 Å². The van der Waals surface area contributed by atoms with Gasteiger partial charge in [-0.05, 0) is 32.1 Å². The van der Waals surface area contributed by atoms with E-state index in [2.05, 4.69) is 5.32 Å². The minimum absolute atomic E-state index is 0. The molecule has 1 fully saturated rings. The molecule has 5 nitrogen and oxygen atoms in total. The molecular weight excluding hydrogens is 302 g/mol. The Morgan fingerprint density at radius 2 is 1.91 bits per heavy atom. The van der Waals surface area contributed by atoms with Gasteiger partial charge in [0.1, 0.15) is 0 Å². The summed E-state index contributed by atoms with van der Waals surface area (Å²) in [7, 11) is 0. The Hall–Kier alpha value is -0.810. The molecule has 0 bridgehead atoms. The number of nitrogens with one attached hydrogen (secondary N) is 1. The smallest absolute Gasteiger partial charge is 0.224 e. The second kappa shape index (κ2) is 10.1. The summed E-state index contributed by atoms with van der Waals surface area (Å²) in [6, 6.07) is 0. The number of piperidine rings is 1. The first-order chi connectivity index (χ1) is 9.95. The second-order valence-corrected chi connectivity index (χ2v) is 6.22. The largest absolute Gasteiger partial charge is 0.354 e. The van der Waals surface area contributed by atoms with Crippen LogP contribution in [0.2, 0.25) is 0 Å². The Balaban J connectivity index is 0.00000441. The summed E-state index contributed by atoms with van der Waals surface area (Å²) in [5.41, 5.74) is 5.89. The van der Waals surface area contributed by atoms with Gasteiger partial charge in [0.15, 0.2) is 0 Å². The van der Waals surface area contributed by atoms with E-state index < -0.39 is 0 Å². The summed E-state index contributed by atoms with van der Waals surface area (Å²) >= 11 is 0. The Kier molecular flexibility index (Phi) is 9.69. The zero-order valence-corrected chi connectivity index (χ0v) is 15.0. The van der Waals surface area contributed by atoms with Gasteiger partial charge < -0.3 is 16.0 Å². The van der Waals surface area contributed by atoms with Crippen LogP contribution in [0.1, 0.15) is 59.3 Å². The fourth-order valence-electron chi connectivity index (χ4n) is 2.70. The minimum atomic E-state index is -0.317. The maximum Gasteiger partial charge on any atom is 0.224 e. The van der Waals surface area contributed by atoms with E-state index in [4.69, 9.17) is 5.73 Å². The molecule has 0 aromatic rings. The van der Waals surface area contributed by atoms with Crippen molar-refractivity contribution in [2.75, 3.05) is 19.6 Å². The Morgan fingerprint density at radius 1 is 1.27 bits per heavy atom. The number of rotatable bonds is 7. The lowest BCUT2D eigenvalue weighted by Crippen LogP contribution is -2.52. The molecule has 0 aromatic heterocycles. The van der Waals surface area contributed by atoms with Crippen molar-refractivity contribution in [3.05, 3.63) is 0 Å². The first-order valence-corrected chi connectivity index (χ1v) is 8.30. The number of likely N-dealkylation sites (tertiary alicyclic amines) is 1. The molecule has 1 saturated heterocycles. The number of nitrogens with zero attached hydrogens (tertiary/aromatic N) is 1. The molecule has 0 aromatic carbocycles. The number of nitrogens with two attached hydrogens (primary N) is 1. The van der Waals surface area contributed by atoms with Crippen LogP contribution in [0.3, 0.4) is 0 Å². The lowest BCUT2D eigenvalue weighted by atomic mass is 9.93. The number of hydrogen-bond donors (Lipinski definition) is 2. The van der Waals surface area contributed by atoms with Gasteiger partial charge in [-0.25, -0.2) is 0 Å². The maximum atomic E-state index is 12.3. The average Bonchev–Trinajstić information content (AvgIpc) is 2.52. The van der Waals surface area contributed by atoms with E-state index in [1.165, 1.54) is 0 Å². The fraction of sp³-hybridized carbons (Fsp3) is 0.875. The maximum absolute atomic E-state index is 12.3.